The van der Waals surface area contributed by atoms with E-state index in [-0.39, 0.29) is 49.3 Å². The van der Waals surface area contributed by atoms with Crippen molar-refractivity contribution in [2.24, 2.45) is 0 Å². The normalized spacial score (nSPS) is 23.7. The van der Waals surface area contributed by atoms with Gasteiger partial charge in [0.1, 0.15) is 0 Å². The smallest absolute Gasteiger partial charge is 0.224 e. The minimum atomic E-state index is -0.138. The third-order valence-corrected chi connectivity index (χ3v) is 3.55. The average molecular weight is 388 g/mol. The molecule has 0 atom stereocenters. The predicted octanol–water partition coefficient (Wildman–Crippen LogP) is 0.250. The lowest BCUT2D eigenvalue weighted by Crippen LogP contribution is -2.24. The predicted molar refractivity (Wildman–Crippen MR) is 107 cm³/mol. The minimum absolute atomic E-state index is 0.138. The number of hydrogen-bond donors (Lipinski definition) is 4. The van der Waals surface area contributed by atoms with Crippen LogP contribution in [0, 0.1) is 0 Å². The van der Waals surface area contributed by atoms with Gasteiger partial charge in [-0.3, -0.25) is 19.2 Å². The highest BCUT2D eigenvalue weighted by Gasteiger charge is 1.99. The summed E-state index contributed by atoms with van der Waals surface area (Å²) in [7, 11) is 0. The van der Waals surface area contributed by atoms with E-state index in [1.54, 1.807) is 48.6 Å². The summed E-state index contributed by atoms with van der Waals surface area (Å²) >= 11 is 0. The summed E-state index contributed by atoms with van der Waals surface area (Å²) in [6.07, 6.45) is 14.5. The Hall–Kier alpha value is -3.16. The third-order valence-electron chi connectivity index (χ3n) is 3.55. The second-order valence-electron chi connectivity index (χ2n) is 5.92. The number of carbonyl (C=O) groups is 4. The van der Waals surface area contributed by atoms with Gasteiger partial charge in [-0.2, -0.15) is 0 Å². The molecule has 0 saturated carbocycles. The van der Waals surface area contributed by atoms with Crippen LogP contribution in [0.5, 0.6) is 0 Å². The summed E-state index contributed by atoms with van der Waals surface area (Å²) < 4.78 is 0. The molecule has 1 rings (SSSR count). The van der Waals surface area contributed by atoms with Gasteiger partial charge in [0.05, 0.1) is 0 Å². The number of hydrogen-bond acceptors (Lipinski definition) is 4. The molecule has 0 radical (unpaired) electrons. The van der Waals surface area contributed by atoms with Crippen molar-refractivity contribution >= 4 is 23.6 Å². The molecule has 4 amide bonds. The molecule has 1 aliphatic heterocycles. The van der Waals surface area contributed by atoms with Gasteiger partial charge in [0.15, 0.2) is 0 Å². The molecule has 152 valence electrons. The van der Waals surface area contributed by atoms with Gasteiger partial charge in [-0.25, -0.2) is 0 Å². The maximum Gasteiger partial charge on any atom is 0.224 e. The van der Waals surface area contributed by atoms with Crippen LogP contribution in [-0.4, -0.2) is 49.8 Å². The number of amides is 4. The van der Waals surface area contributed by atoms with E-state index >= 15 is 0 Å². The van der Waals surface area contributed by atoms with E-state index in [2.05, 4.69) is 21.3 Å². The van der Waals surface area contributed by atoms with Crippen molar-refractivity contribution in [1.82, 2.24) is 21.3 Å². The zero-order chi connectivity index (χ0) is 20.5. The molecule has 0 saturated heterocycles. The summed E-state index contributed by atoms with van der Waals surface area (Å²) in [6.45, 7) is 1.38. The van der Waals surface area contributed by atoms with E-state index in [4.69, 9.17) is 0 Å². The van der Waals surface area contributed by atoms with Crippen LogP contribution < -0.4 is 21.3 Å². The van der Waals surface area contributed by atoms with Crippen LogP contribution >= 0.6 is 0 Å². The highest BCUT2D eigenvalue weighted by Crippen LogP contribution is 1.89. The molecular formula is C20H28N4O4. The maximum atomic E-state index is 11.6. The largest absolute Gasteiger partial charge is 0.352 e. The Morgan fingerprint density at radius 2 is 0.607 bits per heavy atom. The van der Waals surface area contributed by atoms with Crippen molar-refractivity contribution in [2.45, 2.75) is 25.7 Å². The second-order valence-corrected chi connectivity index (χ2v) is 5.92. The molecule has 0 spiro atoms. The lowest BCUT2D eigenvalue weighted by molar-refractivity contribution is -0.120. The lowest BCUT2D eigenvalue weighted by Gasteiger charge is -2.02. The quantitative estimate of drug-likeness (QED) is 0.445. The van der Waals surface area contributed by atoms with Crippen LogP contribution in [-0.2, 0) is 19.2 Å². The molecule has 8 heteroatoms. The van der Waals surface area contributed by atoms with Crippen molar-refractivity contribution in [3.8, 4) is 0 Å². The van der Waals surface area contributed by atoms with E-state index in [1.165, 1.54) is 0 Å². The first-order valence-electron chi connectivity index (χ1n) is 9.24. The fourth-order valence-corrected chi connectivity index (χ4v) is 2.07. The molecule has 4 N–H and O–H groups in total. The molecule has 28 heavy (non-hydrogen) atoms. The molecule has 0 fully saturated rings. The van der Waals surface area contributed by atoms with Crippen molar-refractivity contribution in [3.05, 3.63) is 48.6 Å². The summed E-state index contributed by atoms with van der Waals surface area (Å²) in [5.41, 5.74) is 0. The molecule has 0 aromatic carbocycles. The van der Waals surface area contributed by atoms with Crippen molar-refractivity contribution < 1.29 is 19.2 Å². The molecule has 0 unspecified atom stereocenters. The van der Waals surface area contributed by atoms with E-state index in [1.807, 2.05) is 0 Å². The van der Waals surface area contributed by atoms with Gasteiger partial charge < -0.3 is 21.3 Å². The van der Waals surface area contributed by atoms with E-state index in [0.29, 0.717) is 26.2 Å². The first-order valence-corrected chi connectivity index (χ1v) is 9.24. The van der Waals surface area contributed by atoms with Gasteiger partial charge in [0.2, 0.25) is 23.6 Å². The van der Waals surface area contributed by atoms with Crippen LogP contribution in [0.3, 0.4) is 0 Å². The zero-order valence-electron chi connectivity index (χ0n) is 15.9. The Morgan fingerprint density at radius 1 is 0.393 bits per heavy atom. The summed E-state index contributed by atoms with van der Waals surface area (Å²) in [4.78, 5) is 46.5. The topological polar surface area (TPSA) is 116 Å². The van der Waals surface area contributed by atoms with Gasteiger partial charge in [0.25, 0.3) is 0 Å². The highest BCUT2D eigenvalue weighted by atomic mass is 16.2. The Morgan fingerprint density at radius 3 is 0.821 bits per heavy atom. The molecule has 0 bridgehead atoms. The van der Waals surface area contributed by atoms with Crippen molar-refractivity contribution in [1.29, 1.82) is 0 Å². The van der Waals surface area contributed by atoms with Crippen LogP contribution in [0.25, 0.3) is 0 Å². The Kier molecular flexibility index (Phi) is 12.2. The second kappa shape index (κ2) is 15.0. The molecule has 8 nitrogen and oxygen atoms in total. The number of nitrogens with one attached hydrogen (secondary N) is 4. The van der Waals surface area contributed by atoms with Gasteiger partial charge in [-0.05, 0) is 0 Å². The summed E-state index contributed by atoms with van der Waals surface area (Å²) in [6, 6.07) is 0. The SMILES string of the molecule is O=C1C/C=C/CNC(=O)C/C=C/CNC(=O)C/C=C/CNC(=O)C/C=C/CN1. The Bertz CT molecular complexity index is 539. The highest BCUT2D eigenvalue weighted by molar-refractivity contribution is 5.79. The van der Waals surface area contributed by atoms with Gasteiger partial charge in [0, 0.05) is 51.9 Å². The first-order chi connectivity index (χ1) is 13.6. The fourth-order valence-electron chi connectivity index (χ4n) is 2.07. The summed E-state index contributed by atoms with van der Waals surface area (Å²) in [5.74, 6) is -0.551. The molecule has 1 heterocycles. The average Bonchev–Trinajstić information content (AvgIpc) is 2.66. The van der Waals surface area contributed by atoms with Crippen LogP contribution in [0.15, 0.2) is 48.6 Å². The standard InChI is InChI=1S/C20H28N4O4/c25-17-9-1-5-13-21-18(26)10-3-7-15-23-20(28)12-4-8-16-24-19(27)11-2-6-14-22-17/h1-8H,9-16H2,(H,21,26)(H,22,25)(H,23,28)(H,24,27)/b5-1+,6-2+,7-3+,8-4+. The fraction of sp³-hybridized carbons (Fsp3) is 0.400. The van der Waals surface area contributed by atoms with Gasteiger partial charge >= 0.3 is 0 Å². The van der Waals surface area contributed by atoms with Crippen LogP contribution in [0.2, 0.25) is 0 Å². The van der Waals surface area contributed by atoms with Gasteiger partial charge in [-0.15, -0.1) is 0 Å². The molecule has 1 aliphatic rings. The molecular weight excluding hydrogens is 360 g/mol. The van der Waals surface area contributed by atoms with Crippen LogP contribution in [0.1, 0.15) is 25.7 Å². The Labute approximate surface area is 165 Å². The zero-order valence-corrected chi connectivity index (χ0v) is 15.9. The number of rotatable bonds is 0. The van der Waals surface area contributed by atoms with Crippen molar-refractivity contribution in [2.75, 3.05) is 26.2 Å². The first kappa shape index (κ1) is 22.9. The monoisotopic (exact) mass is 388 g/mol. The molecule has 0 aromatic heterocycles. The molecule has 0 aliphatic carbocycles. The van der Waals surface area contributed by atoms with Gasteiger partial charge in [-0.1, -0.05) is 48.6 Å². The van der Waals surface area contributed by atoms with Crippen molar-refractivity contribution in [3.63, 3.8) is 0 Å². The van der Waals surface area contributed by atoms with Crippen LogP contribution in [0.4, 0.5) is 0 Å². The number of carbonyl (C=O) groups excluding carboxylic acids is 4. The Balaban J connectivity index is 2.50. The van der Waals surface area contributed by atoms with E-state index < -0.39 is 0 Å². The maximum absolute atomic E-state index is 11.6. The van der Waals surface area contributed by atoms with E-state index in [9.17, 15) is 19.2 Å². The minimum Gasteiger partial charge on any atom is -0.352 e. The van der Waals surface area contributed by atoms with E-state index in [0.717, 1.165) is 0 Å². The summed E-state index contributed by atoms with van der Waals surface area (Å²) in [5, 5.41) is 10.8. The molecule has 0 aromatic rings. The lowest BCUT2D eigenvalue weighted by atomic mass is 10.3. The third kappa shape index (κ3) is 13.1.